The highest BCUT2D eigenvalue weighted by atomic mass is 35.5. The van der Waals surface area contributed by atoms with Gasteiger partial charge in [-0.15, -0.1) is 22.6 Å². The summed E-state index contributed by atoms with van der Waals surface area (Å²) in [6.45, 7) is 1.85. The fourth-order valence-corrected chi connectivity index (χ4v) is 3.56. The zero-order valence-electron chi connectivity index (χ0n) is 16.1. The number of benzene rings is 1. The SMILES string of the molecule is CN1CCC(Nc2cccc(C(N)=O)c2)(c2nnc(-c3ccncc3)[nH]2)CC1.Cl. The van der Waals surface area contributed by atoms with E-state index in [1.54, 1.807) is 24.5 Å². The molecule has 4 N–H and O–H groups in total. The van der Waals surface area contributed by atoms with Crippen LogP contribution in [0, 0.1) is 0 Å². The van der Waals surface area contributed by atoms with Crippen molar-refractivity contribution in [2.24, 2.45) is 5.73 Å². The van der Waals surface area contributed by atoms with Crippen LogP contribution in [0.3, 0.4) is 0 Å². The Morgan fingerprint density at radius 3 is 2.59 bits per heavy atom. The van der Waals surface area contributed by atoms with Crippen molar-refractivity contribution in [3.63, 3.8) is 0 Å². The number of nitrogens with one attached hydrogen (secondary N) is 2. The molecule has 29 heavy (non-hydrogen) atoms. The number of aromatic nitrogens is 4. The van der Waals surface area contributed by atoms with E-state index in [0.717, 1.165) is 43.0 Å². The summed E-state index contributed by atoms with van der Waals surface area (Å²) in [6, 6.07) is 11.1. The maximum absolute atomic E-state index is 11.6. The van der Waals surface area contributed by atoms with Gasteiger partial charge in [-0.2, -0.15) is 0 Å². The van der Waals surface area contributed by atoms with E-state index in [-0.39, 0.29) is 12.4 Å². The van der Waals surface area contributed by atoms with Crippen LogP contribution in [0.4, 0.5) is 5.69 Å². The third-order valence-corrected chi connectivity index (χ3v) is 5.27. The summed E-state index contributed by atoms with van der Waals surface area (Å²) in [5.74, 6) is 1.06. The van der Waals surface area contributed by atoms with Gasteiger partial charge in [-0.25, -0.2) is 0 Å². The minimum absolute atomic E-state index is 0. The zero-order chi connectivity index (χ0) is 19.6. The first kappa shape index (κ1) is 20.8. The van der Waals surface area contributed by atoms with E-state index in [1.165, 1.54) is 0 Å². The summed E-state index contributed by atoms with van der Waals surface area (Å²) in [5.41, 5.74) is 7.29. The summed E-state index contributed by atoms with van der Waals surface area (Å²) in [5, 5.41) is 12.4. The van der Waals surface area contributed by atoms with Crippen LogP contribution in [0.5, 0.6) is 0 Å². The van der Waals surface area contributed by atoms with Crippen LogP contribution in [0.1, 0.15) is 29.0 Å². The van der Waals surface area contributed by atoms with Crippen molar-refractivity contribution in [1.29, 1.82) is 0 Å². The maximum Gasteiger partial charge on any atom is 0.248 e. The Morgan fingerprint density at radius 1 is 1.17 bits per heavy atom. The number of carbonyl (C=O) groups excluding carboxylic acids is 1. The number of piperidine rings is 1. The number of carbonyl (C=O) groups is 1. The first-order valence-electron chi connectivity index (χ1n) is 9.26. The van der Waals surface area contributed by atoms with Gasteiger partial charge in [0.05, 0.1) is 5.54 Å². The van der Waals surface area contributed by atoms with Crippen LogP contribution in [0.25, 0.3) is 11.4 Å². The largest absolute Gasteiger partial charge is 0.373 e. The van der Waals surface area contributed by atoms with E-state index in [0.29, 0.717) is 11.4 Å². The van der Waals surface area contributed by atoms with Gasteiger partial charge >= 0.3 is 0 Å². The summed E-state index contributed by atoms with van der Waals surface area (Å²) in [7, 11) is 2.11. The second kappa shape index (κ2) is 8.59. The van der Waals surface area contributed by atoms with E-state index >= 15 is 0 Å². The Labute approximate surface area is 175 Å². The topological polar surface area (TPSA) is 113 Å². The lowest BCUT2D eigenvalue weighted by Gasteiger charge is -2.40. The molecule has 0 atom stereocenters. The number of pyridine rings is 1. The standard InChI is InChI=1S/C20H23N7O.ClH/c1-27-11-7-20(8-12-27,24-16-4-2-3-15(13-16)17(21)28)19-23-18(25-26-19)14-5-9-22-10-6-14;/h2-6,9-10,13,24H,7-8,11-12H2,1H3,(H2,21,28)(H,23,25,26);1H. The molecule has 1 saturated heterocycles. The number of amides is 1. The molecule has 152 valence electrons. The van der Waals surface area contributed by atoms with Crippen LogP contribution in [0.15, 0.2) is 48.8 Å². The number of aromatic amines is 1. The third-order valence-electron chi connectivity index (χ3n) is 5.27. The lowest BCUT2D eigenvalue weighted by atomic mass is 9.86. The van der Waals surface area contributed by atoms with E-state index in [2.05, 4.69) is 37.4 Å². The minimum Gasteiger partial charge on any atom is -0.373 e. The molecular formula is C20H24ClN7O. The van der Waals surface area contributed by atoms with Gasteiger partial charge in [0.15, 0.2) is 11.6 Å². The Hall–Kier alpha value is -2.97. The number of nitrogens with two attached hydrogens (primary N) is 1. The number of primary amides is 1. The molecule has 8 nitrogen and oxygen atoms in total. The van der Waals surface area contributed by atoms with E-state index < -0.39 is 11.4 Å². The van der Waals surface area contributed by atoms with Gasteiger partial charge in [-0.3, -0.25) is 9.78 Å². The first-order chi connectivity index (χ1) is 13.6. The minimum atomic E-state index is -0.444. The number of H-pyrrole nitrogens is 1. The summed E-state index contributed by atoms with van der Waals surface area (Å²) < 4.78 is 0. The molecule has 0 bridgehead atoms. The predicted octanol–water partition coefficient (Wildman–Crippen LogP) is 2.42. The molecule has 0 aliphatic carbocycles. The second-order valence-corrected chi connectivity index (χ2v) is 7.21. The molecule has 0 spiro atoms. The van der Waals surface area contributed by atoms with Crippen molar-refractivity contribution < 1.29 is 4.79 Å². The summed E-state index contributed by atoms with van der Waals surface area (Å²) >= 11 is 0. The molecule has 0 radical (unpaired) electrons. The molecule has 1 amide bonds. The zero-order valence-corrected chi connectivity index (χ0v) is 16.9. The predicted molar refractivity (Wildman–Crippen MR) is 114 cm³/mol. The number of hydrogen-bond acceptors (Lipinski definition) is 6. The molecular weight excluding hydrogens is 390 g/mol. The molecule has 1 aromatic carbocycles. The van der Waals surface area contributed by atoms with Gasteiger partial charge in [0.2, 0.25) is 5.91 Å². The Morgan fingerprint density at radius 2 is 1.90 bits per heavy atom. The Bertz CT molecular complexity index is 968. The van der Waals surface area contributed by atoms with Gasteiger partial charge < -0.3 is 20.9 Å². The molecule has 1 fully saturated rings. The van der Waals surface area contributed by atoms with Crippen LogP contribution >= 0.6 is 12.4 Å². The van der Waals surface area contributed by atoms with Crippen molar-refractivity contribution in [3.05, 3.63) is 60.2 Å². The number of halogens is 1. The number of likely N-dealkylation sites (tertiary alicyclic amines) is 1. The van der Waals surface area contributed by atoms with Crippen LogP contribution in [0.2, 0.25) is 0 Å². The quantitative estimate of drug-likeness (QED) is 0.592. The van der Waals surface area contributed by atoms with Gasteiger partial charge in [-0.1, -0.05) is 6.07 Å². The fourth-order valence-electron chi connectivity index (χ4n) is 3.56. The van der Waals surface area contributed by atoms with Crippen molar-refractivity contribution in [3.8, 4) is 11.4 Å². The number of nitrogens with zero attached hydrogens (tertiary/aromatic N) is 4. The van der Waals surface area contributed by atoms with Gasteiger partial charge in [0, 0.05) is 42.3 Å². The lowest BCUT2D eigenvalue weighted by molar-refractivity contribution is 0.100. The summed E-state index contributed by atoms with van der Waals surface area (Å²) in [6.07, 6.45) is 5.18. The monoisotopic (exact) mass is 413 g/mol. The maximum atomic E-state index is 11.6. The third kappa shape index (κ3) is 4.38. The fraction of sp³-hybridized carbons (Fsp3) is 0.300. The highest BCUT2D eigenvalue weighted by molar-refractivity contribution is 5.93. The Kier molecular flexibility index (Phi) is 6.14. The summed E-state index contributed by atoms with van der Waals surface area (Å²) in [4.78, 5) is 21.3. The van der Waals surface area contributed by atoms with Crippen molar-refractivity contribution in [1.82, 2.24) is 25.1 Å². The molecule has 0 unspecified atom stereocenters. The van der Waals surface area contributed by atoms with E-state index in [1.807, 2.05) is 24.3 Å². The molecule has 9 heteroatoms. The average Bonchev–Trinajstić information content (AvgIpc) is 3.22. The molecule has 1 aliphatic rings. The smallest absolute Gasteiger partial charge is 0.248 e. The number of hydrogen-bond donors (Lipinski definition) is 3. The van der Waals surface area contributed by atoms with Crippen molar-refractivity contribution in [2.75, 3.05) is 25.5 Å². The van der Waals surface area contributed by atoms with E-state index in [9.17, 15) is 4.79 Å². The average molecular weight is 414 g/mol. The molecule has 2 aromatic heterocycles. The molecule has 4 rings (SSSR count). The second-order valence-electron chi connectivity index (χ2n) is 7.21. The number of rotatable bonds is 5. The van der Waals surface area contributed by atoms with Gasteiger partial charge in [-0.05, 0) is 50.2 Å². The first-order valence-corrected chi connectivity index (χ1v) is 9.26. The van der Waals surface area contributed by atoms with Crippen molar-refractivity contribution in [2.45, 2.75) is 18.4 Å². The molecule has 0 saturated carbocycles. The highest BCUT2D eigenvalue weighted by Gasteiger charge is 2.38. The van der Waals surface area contributed by atoms with Gasteiger partial charge in [0.25, 0.3) is 0 Å². The lowest BCUT2D eigenvalue weighted by Crippen LogP contribution is -2.46. The van der Waals surface area contributed by atoms with Gasteiger partial charge in [0.1, 0.15) is 0 Å². The van der Waals surface area contributed by atoms with E-state index in [4.69, 9.17) is 5.73 Å². The number of anilines is 1. The molecule has 3 aromatic rings. The normalized spacial score (nSPS) is 16.0. The molecule has 1 aliphatic heterocycles. The van der Waals surface area contributed by atoms with Crippen LogP contribution in [-0.4, -0.2) is 51.1 Å². The van der Waals surface area contributed by atoms with Crippen LogP contribution < -0.4 is 11.1 Å². The van der Waals surface area contributed by atoms with Crippen molar-refractivity contribution >= 4 is 24.0 Å². The molecule has 3 heterocycles. The highest BCUT2D eigenvalue weighted by Crippen LogP contribution is 2.35. The van der Waals surface area contributed by atoms with Crippen LogP contribution in [-0.2, 0) is 5.54 Å². The Balaban J connectivity index is 0.00000240.